The van der Waals surface area contributed by atoms with Crippen LogP contribution in [0.5, 0.6) is 0 Å². The smallest absolute Gasteiger partial charge is 0.251 e. The number of hydrogen-bond acceptors (Lipinski definition) is 3. The lowest BCUT2D eigenvalue weighted by atomic mass is 10.1. The van der Waals surface area contributed by atoms with Crippen LogP contribution in [0, 0.1) is 0 Å². The number of aliphatic hydroxyl groups is 1. The summed E-state index contributed by atoms with van der Waals surface area (Å²) in [6, 6.07) is 14.0. The summed E-state index contributed by atoms with van der Waals surface area (Å²) in [7, 11) is 1.57. The van der Waals surface area contributed by atoms with E-state index in [2.05, 4.69) is 10.6 Å². The molecule has 0 saturated carbocycles. The summed E-state index contributed by atoms with van der Waals surface area (Å²) in [5, 5.41) is 15.0. The fourth-order valence-electron chi connectivity index (χ4n) is 2.21. The number of aliphatic hydroxyl groups excluding tert-OH is 1. The summed E-state index contributed by atoms with van der Waals surface area (Å²) < 4.78 is 0. The molecule has 0 radical (unpaired) electrons. The van der Waals surface area contributed by atoms with Gasteiger partial charge in [-0.25, -0.2) is 0 Å². The molecule has 0 heterocycles. The van der Waals surface area contributed by atoms with Crippen LogP contribution < -0.4 is 10.6 Å². The first-order valence-corrected chi connectivity index (χ1v) is 7.59. The number of carbonyl (C=O) groups is 2. The fraction of sp³-hybridized carbons (Fsp3) is 0.158. The summed E-state index contributed by atoms with van der Waals surface area (Å²) in [5.74, 6) is -0.448. The van der Waals surface area contributed by atoms with Crippen LogP contribution in [-0.2, 0) is 4.79 Å². The molecule has 0 bridgehead atoms. The Labute approximate surface area is 141 Å². The molecule has 0 aliphatic rings. The predicted molar refractivity (Wildman–Crippen MR) is 94.6 cm³/mol. The van der Waals surface area contributed by atoms with Crippen LogP contribution in [0.25, 0.3) is 6.08 Å². The minimum atomic E-state index is -0.664. The van der Waals surface area contributed by atoms with Gasteiger partial charge in [-0.3, -0.25) is 9.59 Å². The van der Waals surface area contributed by atoms with Crippen LogP contribution in [0.15, 0.2) is 54.6 Å². The van der Waals surface area contributed by atoms with Crippen molar-refractivity contribution in [3.8, 4) is 0 Å². The second kappa shape index (κ2) is 8.08. The standard InChI is InChI=1S/C19H20N2O3/c1-13(22)16-5-3-4-6-17(16)21-18(23)12-9-14-7-10-15(11-8-14)19(24)20-2/h3-13,22H,1-2H3,(H,20,24)(H,21,23)/b12-9+. The van der Waals surface area contributed by atoms with Crippen LogP contribution in [0.2, 0.25) is 0 Å². The van der Waals surface area contributed by atoms with Crippen molar-refractivity contribution in [2.75, 3.05) is 12.4 Å². The van der Waals surface area contributed by atoms with E-state index >= 15 is 0 Å². The molecule has 0 aliphatic carbocycles. The largest absolute Gasteiger partial charge is 0.389 e. The molecular formula is C19H20N2O3. The third-order valence-corrected chi connectivity index (χ3v) is 3.50. The number of para-hydroxylation sites is 1. The Balaban J connectivity index is 2.04. The zero-order valence-corrected chi connectivity index (χ0v) is 13.6. The Morgan fingerprint density at radius 1 is 1.08 bits per heavy atom. The molecule has 2 aromatic rings. The maximum atomic E-state index is 12.0. The lowest BCUT2D eigenvalue weighted by Crippen LogP contribution is -2.17. The predicted octanol–water partition coefficient (Wildman–Crippen LogP) is 2.75. The van der Waals surface area contributed by atoms with Crippen LogP contribution in [-0.4, -0.2) is 24.0 Å². The number of rotatable bonds is 5. The second-order valence-corrected chi connectivity index (χ2v) is 5.29. The Morgan fingerprint density at radius 3 is 2.38 bits per heavy atom. The minimum Gasteiger partial charge on any atom is -0.389 e. The zero-order chi connectivity index (χ0) is 17.5. The van der Waals surface area contributed by atoms with Crippen molar-refractivity contribution < 1.29 is 14.7 Å². The molecule has 0 aliphatic heterocycles. The first-order valence-electron chi connectivity index (χ1n) is 7.59. The normalized spacial score (nSPS) is 12.0. The molecule has 2 rings (SSSR count). The molecule has 0 spiro atoms. The van der Waals surface area contributed by atoms with Crippen molar-refractivity contribution in [1.29, 1.82) is 0 Å². The second-order valence-electron chi connectivity index (χ2n) is 5.29. The molecule has 5 nitrogen and oxygen atoms in total. The summed E-state index contributed by atoms with van der Waals surface area (Å²) >= 11 is 0. The van der Waals surface area contributed by atoms with Gasteiger partial charge in [0, 0.05) is 29.9 Å². The van der Waals surface area contributed by atoms with Gasteiger partial charge in [-0.15, -0.1) is 0 Å². The number of nitrogens with one attached hydrogen (secondary N) is 2. The third-order valence-electron chi connectivity index (χ3n) is 3.50. The Bertz CT molecular complexity index is 749. The van der Waals surface area contributed by atoms with Crippen molar-refractivity contribution in [2.24, 2.45) is 0 Å². The average molecular weight is 324 g/mol. The first kappa shape index (κ1) is 17.4. The highest BCUT2D eigenvalue weighted by Gasteiger charge is 2.08. The zero-order valence-electron chi connectivity index (χ0n) is 13.6. The summed E-state index contributed by atoms with van der Waals surface area (Å²) in [6.07, 6.45) is 2.41. The quantitative estimate of drug-likeness (QED) is 0.740. The van der Waals surface area contributed by atoms with Crippen molar-refractivity contribution in [1.82, 2.24) is 5.32 Å². The van der Waals surface area contributed by atoms with Gasteiger partial charge in [-0.1, -0.05) is 30.3 Å². The maximum absolute atomic E-state index is 12.0. The average Bonchev–Trinajstić information content (AvgIpc) is 2.60. The number of anilines is 1. The van der Waals surface area contributed by atoms with E-state index in [1.165, 1.54) is 6.08 Å². The third kappa shape index (κ3) is 4.54. The maximum Gasteiger partial charge on any atom is 0.251 e. The minimum absolute atomic E-state index is 0.155. The Kier molecular flexibility index (Phi) is 5.87. The van der Waals surface area contributed by atoms with E-state index in [1.54, 1.807) is 62.5 Å². The Morgan fingerprint density at radius 2 is 1.75 bits per heavy atom. The summed E-state index contributed by atoms with van der Waals surface area (Å²) in [6.45, 7) is 1.65. The molecule has 2 amide bonds. The molecule has 24 heavy (non-hydrogen) atoms. The lowest BCUT2D eigenvalue weighted by Gasteiger charge is -2.11. The van der Waals surface area contributed by atoms with Crippen molar-refractivity contribution >= 4 is 23.6 Å². The molecule has 3 N–H and O–H groups in total. The van der Waals surface area contributed by atoms with Crippen LogP contribution in [0.1, 0.15) is 34.5 Å². The van der Waals surface area contributed by atoms with Crippen molar-refractivity contribution in [3.63, 3.8) is 0 Å². The van der Waals surface area contributed by atoms with Gasteiger partial charge in [0.25, 0.3) is 5.91 Å². The highest BCUT2D eigenvalue weighted by molar-refractivity contribution is 6.02. The molecule has 1 atom stereocenters. The monoisotopic (exact) mass is 324 g/mol. The highest BCUT2D eigenvalue weighted by atomic mass is 16.3. The van der Waals surface area contributed by atoms with E-state index in [0.717, 1.165) is 5.56 Å². The van der Waals surface area contributed by atoms with Crippen LogP contribution >= 0.6 is 0 Å². The molecule has 1 unspecified atom stereocenters. The molecule has 5 heteroatoms. The molecule has 0 fully saturated rings. The van der Waals surface area contributed by atoms with Gasteiger partial charge in [0.05, 0.1) is 6.10 Å². The van der Waals surface area contributed by atoms with Gasteiger partial charge in [-0.2, -0.15) is 0 Å². The SMILES string of the molecule is CNC(=O)c1ccc(/C=C/C(=O)Nc2ccccc2C(C)O)cc1. The first-order chi connectivity index (χ1) is 11.5. The number of benzene rings is 2. The van der Waals surface area contributed by atoms with E-state index in [1.807, 2.05) is 6.07 Å². The topological polar surface area (TPSA) is 78.4 Å². The van der Waals surface area contributed by atoms with E-state index in [0.29, 0.717) is 16.8 Å². The highest BCUT2D eigenvalue weighted by Crippen LogP contribution is 2.22. The summed E-state index contributed by atoms with van der Waals surface area (Å²) in [5.41, 5.74) is 2.61. The van der Waals surface area contributed by atoms with E-state index in [-0.39, 0.29) is 11.8 Å². The van der Waals surface area contributed by atoms with E-state index in [9.17, 15) is 14.7 Å². The Hall–Kier alpha value is -2.92. The number of hydrogen-bond donors (Lipinski definition) is 3. The van der Waals surface area contributed by atoms with Gasteiger partial charge in [0.2, 0.25) is 5.91 Å². The molecular weight excluding hydrogens is 304 g/mol. The number of amides is 2. The fourth-order valence-corrected chi connectivity index (χ4v) is 2.21. The van der Waals surface area contributed by atoms with Crippen LogP contribution in [0.4, 0.5) is 5.69 Å². The van der Waals surface area contributed by atoms with E-state index < -0.39 is 6.10 Å². The van der Waals surface area contributed by atoms with Gasteiger partial charge >= 0.3 is 0 Å². The molecule has 0 aromatic heterocycles. The van der Waals surface area contributed by atoms with Gasteiger partial charge in [-0.05, 0) is 36.8 Å². The number of carbonyl (C=O) groups excluding carboxylic acids is 2. The van der Waals surface area contributed by atoms with Gasteiger partial charge in [0.15, 0.2) is 0 Å². The lowest BCUT2D eigenvalue weighted by molar-refractivity contribution is -0.111. The van der Waals surface area contributed by atoms with Gasteiger partial charge in [0.1, 0.15) is 0 Å². The van der Waals surface area contributed by atoms with Crippen LogP contribution in [0.3, 0.4) is 0 Å². The van der Waals surface area contributed by atoms with E-state index in [4.69, 9.17) is 0 Å². The molecule has 0 saturated heterocycles. The van der Waals surface area contributed by atoms with Crippen molar-refractivity contribution in [2.45, 2.75) is 13.0 Å². The molecule has 124 valence electrons. The molecule has 2 aromatic carbocycles. The van der Waals surface area contributed by atoms with Gasteiger partial charge < -0.3 is 15.7 Å². The summed E-state index contributed by atoms with van der Waals surface area (Å²) in [4.78, 5) is 23.5. The van der Waals surface area contributed by atoms with Crippen molar-refractivity contribution in [3.05, 3.63) is 71.3 Å².